The highest BCUT2D eigenvalue weighted by atomic mass is 35.5. The molecule has 1 rings (SSSR count). The summed E-state index contributed by atoms with van der Waals surface area (Å²) >= 11 is 5.05. The van der Waals surface area contributed by atoms with Crippen LogP contribution in [0.2, 0.25) is 0 Å². The van der Waals surface area contributed by atoms with Crippen molar-refractivity contribution in [1.29, 1.82) is 0 Å². The average Bonchev–Trinajstić information content (AvgIpc) is 2.15. The Labute approximate surface area is 89.8 Å². The summed E-state index contributed by atoms with van der Waals surface area (Å²) in [5.41, 5.74) is -0.692. The fraction of sp³-hybridized carbons (Fsp3) is 0.889. The molecular formula is C9H19ClN2O2+2. The van der Waals surface area contributed by atoms with E-state index in [1.807, 2.05) is 0 Å². The van der Waals surface area contributed by atoms with Crippen molar-refractivity contribution in [2.45, 2.75) is 6.42 Å². The molecule has 0 unspecified atom stereocenters. The molecule has 1 aliphatic heterocycles. The highest BCUT2D eigenvalue weighted by Crippen LogP contribution is 1.87. The summed E-state index contributed by atoms with van der Waals surface area (Å²) in [5, 5.41) is 0. The third-order valence-electron chi connectivity index (χ3n) is 2.70. The van der Waals surface area contributed by atoms with Crippen molar-refractivity contribution < 1.29 is 19.3 Å². The molecule has 0 radical (unpaired) electrons. The Balaban J connectivity index is 1.99. The molecule has 0 atom stereocenters. The maximum Gasteiger partial charge on any atom is 0.403 e. The molecule has 4 nitrogen and oxygen atoms in total. The predicted octanol–water partition coefficient (Wildman–Crippen LogP) is -1.83. The van der Waals surface area contributed by atoms with Crippen molar-refractivity contribution in [3.63, 3.8) is 0 Å². The largest absolute Gasteiger partial charge is 0.453 e. The van der Waals surface area contributed by atoms with Gasteiger partial charge in [0.2, 0.25) is 0 Å². The van der Waals surface area contributed by atoms with Gasteiger partial charge in [0.1, 0.15) is 26.2 Å². The number of hydrogen-bond donors (Lipinski definition) is 2. The average molecular weight is 223 g/mol. The monoisotopic (exact) mass is 222 g/mol. The highest BCUT2D eigenvalue weighted by Gasteiger charge is 2.18. The predicted molar refractivity (Wildman–Crippen MR) is 54.0 cm³/mol. The summed E-state index contributed by atoms with van der Waals surface area (Å²) in [4.78, 5) is 13.5. The summed E-state index contributed by atoms with van der Waals surface area (Å²) in [6, 6.07) is 0. The topological polar surface area (TPSA) is 35.2 Å². The van der Waals surface area contributed by atoms with Crippen LogP contribution in [0.1, 0.15) is 6.42 Å². The molecule has 1 heterocycles. The van der Waals surface area contributed by atoms with Crippen LogP contribution < -0.4 is 9.80 Å². The van der Waals surface area contributed by atoms with Gasteiger partial charge in [0.05, 0.1) is 20.2 Å². The molecule has 0 amide bonds. The molecule has 5 heteroatoms. The minimum Gasteiger partial charge on any atom is -0.453 e. The standard InChI is InChI=1S/C9H17ClN2O2/c1-11-4-6-12(7-5-11)3-2-8-14-9(10)13/h2-8H2,1H3/p+2. The van der Waals surface area contributed by atoms with Gasteiger partial charge in [-0.05, 0) is 0 Å². The Hall–Kier alpha value is -0.320. The van der Waals surface area contributed by atoms with E-state index in [4.69, 9.17) is 11.6 Å². The van der Waals surface area contributed by atoms with Gasteiger partial charge in [0.15, 0.2) is 0 Å². The van der Waals surface area contributed by atoms with E-state index < -0.39 is 5.43 Å². The molecule has 82 valence electrons. The minimum absolute atomic E-state index is 0.453. The van der Waals surface area contributed by atoms with E-state index in [1.165, 1.54) is 26.2 Å². The van der Waals surface area contributed by atoms with Crippen molar-refractivity contribution in [2.24, 2.45) is 0 Å². The van der Waals surface area contributed by atoms with Gasteiger partial charge in [-0.2, -0.15) is 0 Å². The first kappa shape index (κ1) is 11.8. The summed E-state index contributed by atoms with van der Waals surface area (Å²) in [6.07, 6.45) is 0.910. The van der Waals surface area contributed by atoms with E-state index in [1.54, 1.807) is 9.80 Å². The molecule has 0 aromatic heterocycles. The third kappa shape index (κ3) is 4.79. The van der Waals surface area contributed by atoms with Gasteiger partial charge in [0, 0.05) is 18.0 Å². The number of rotatable bonds is 4. The molecule has 0 aliphatic carbocycles. The quantitative estimate of drug-likeness (QED) is 0.434. The van der Waals surface area contributed by atoms with Crippen molar-refractivity contribution in [2.75, 3.05) is 46.4 Å². The van der Waals surface area contributed by atoms with Crippen LogP contribution in [0, 0.1) is 0 Å². The smallest absolute Gasteiger partial charge is 0.403 e. The normalized spacial score (nSPS) is 27.3. The number of hydrogen-bond acceptors (Lipinski definition) is 2. The van der Waals surface area contributed by atoms with Gasteiger partial charge in [-0.25, -0.2) is 4.79 Å². The summed E-state index contributed by atoms with van der Waals surface area (Å²) in [6.45, 7) is 6.46. The zero-order valence-electron chi connectivity index (χ0n) is 8.64. The highest BCUT2D eigenvalue weighted by molar-refractivity contribution is 6.61. The van der Waals surface area contributed by atoms with E-state index in [0.29, 0.717) is 6.61 Å². The molecule has 2 N–H and O–H groups in total. The SMILES string of the molecule is C[NH+]1CC[NH+](CCCOC(=O)Cl)CC1. The first-order valence-electron chi connectivity index (χ1n) is 5.15. The number of carbonyl (C=O) groups is 1. The van der Waals surface area contributed by atoms with E-state index in [-0.39, 0.29) is 0 Å². The van der Waals surface area contributed by atoms with Gasteiger partial charge in [-0.1, -0.05) is 0 Å². The van der Waals surface area contributed by atoms with Crippen LogP contribution in [0.5, 0.6) is 0 Å². The van der Waals surface area contributed by atoms with Crippen molar-refractivity contribution in [3.05, 3.63) is 0 Å². The van der Waals surface area contributed by atoms with E-state index in [2.05, 4.69) is 11.8 Å². The fourth-order valence-electron chi connectivity index (χ4n) is 1.75. The van der Waals surface area contributed by atoms with Gasteiger partial charge < -0.3 is 14.5 Å². The van der Waals surface area contributed by atoms with Crippen LogP contribution in [-0.4, -0.2) is 51.8 Å². The van der Waals surface area contributed by atoms with Crippen LogP contribution in [0.15, 0.2) is 0 Å². The number of nitrogens with one attached hydrogen (secondary N) is 2. The Morgan fingerprint density at radius 1 is 1.36 bits per heavy atom. The second-order valence-corrected chi connectivity index (χ2v) is 4.21. The summed E-state index contributed by atoms with van der Waals surface area (Å²) in [7, 11) is 2.23. The Morgan fingerprint density at radius 2 is 2.00 bits per heavy atom. The fourth-order valence-corrected chi connectivity index (χ4v) is 1.83. The molecular weight excluding hydrogens is 204 g/mol. The molecule has 0 saturated carbocycles. The number of piperazine rings is 1. The van der Waals surface area contributed by atoms with Gasteiger partial charge in [0.25, 0.3) is 0 Å². The Bertz CT molecular complexity index is 182. The van der Waals surface area contributed by atoms with E-state index in [0.717, 1.165) is 13.0 Å². The van der Waals surface area contributed by atoms with Gasteiger partial charge >= 0.3 is 5.43 Å². The van der Waals surface area contributed by atoms with E-state index >= 15 is 0 Å². The first-order chi connectivity index (χ1) is 6.68. The lowest BCUT2D eigenvalue weighted by molar-refractivity contribution is -1.00. The summed E-state index contributed by atoms with van der Waals surface area (Å²) in [5.74, 6) is 0. The molecule has 1 saturated heterocycles. The van der Waals surface area contributed by atoms with Crippen LogP contribution >= 0.6 is 11.6 Å². The zero-order chi connectivity index (χ0) is 10.4. The number of carbonyl (C=O) groups excluding carboxylic acids is 1. The number of quaternary nitrogens is 2. The van der Waals surface area contributed by atoms with Crippen molar-refractivity contribution in [3.8, 4) is 0 Å². The Morgan fingerprint density at radius 3 is 2.57 bits per heavy atom. The first-order valence-corrected chi connectivity index (χ1v) is 5.53. The van der Waals surface area contributed by atoms with Crippen molar-refractivity contribution >= 4 is 17.0 Å². The molecule has 1 aliphatic rings. The zero-order valence-corrected chi connectivity index (χ0v) is 9.40. The lowest BCUT2D eigenvalue weighted by atomic mass is 10.3. The lowest BCUT2D eigenvalue weighted by Gasteiger charge is -2.27. The maximum atomic E-state index is 10.3. The summed E-state index contributed by atoms with van der Waals surface area (Å²) < 4.78 is 4.66. The number of likely N-dealkylation sites (N-methyl/N-ethyl adjacent to an activating group) is 1. The van der Waals surface area contributed by atoms with E-state index in [9.17, 15) is 4.79 Å². The van der Waals surface area contributed by atoms with Gasteiger partial charge in [-0.3, -0.25) is 0 Å². The third-order valence-corrected chi connectivity index (χ3v) is 2.81. The van der Waals surface area contributed by atoms with Gasteiger partial charge in [-0.15, -0.1) is 0 Å². The molecule has 0 aromatic rings. The molecule has 0 bridgehead atoms. The molecule has 0 aromatic carbocycles. The molecule has 1 fully saturated rings. The van der Waals surface area contributed by atoms with Crippen LogP contribution in [-0.2, 0) is 4.74 Å². The maximum absolute atomic E-state index is 10.3. The molecule has 0 spiro atoms. The number of halogens is 1. The van der Waals surface area contributed by atoms with Crippen LogP contribution in [0.4, 0.5) is 4.79 Å². The lowest BCUT2D eigenvalue weighted by Crippen LogP contribution is -3.27. The number of ether oxygens (including phenoxy) is 1. The minimum atomic E-state index is -0.692. The Kier molecular flexibility index (Phi) is 5.22. The van der Waals surface area contributed by atoms with Crippen LogP contribution in [0.3, 0.4) is 0 Å². The van der Waals surface area contributed by atoms with Crippen LogP contribution in [0.25, 0.3) is 0 Å². The molecule has 14 heavy (non-hydrogen) atoms. The van der Waals surface area contributed by atoms with Crippen molar-refractivity contribution in [1.82, 2.24) is 0 Å². The second kappa shape index (κ2) is 6.22. The second-order valence-electron chi connectivity index (χ2n) is 3.90.